The van der Waals surface area contributed by atoms with Gasteiger partial charge < -0.3 is 42.7 Å². The maximum absolute atomic E-state index is 11.6. The predicted octanol–water partition coefficient (Wildman–Crippen LogP) is 10.6. The van der Waals surface area contributed by atoms with Crippen LogP contribution in [0.5, 0.6) is 11.5 Å². The molecule has 0 saturated carbocycles. The van der Waals surface area contributed by atoms with Crippen molar-refractivity contribution in [2.75, 3.05) is 41.3 Å². The number of rotatable bonds is 29. The third-order valence-electron chi connectivity index (χ3n) is 15.0. The normalized spacial score (nSPS) is 16.0. The highest BCUT2D eigenvalue weighted by atomic mass is 28.4. The lowest BCUT2D eigenvalue weighted by Gasteiger charge is -2.48. The van der Waals surface area contributed by atoms with Crippen molar-refractivity contribution >= 4 is 37.4 Å². The van der Waals surface area contributed by atoms with Crippen molar-refractivity contribution in [1.82, 2.24) is 0 Å². The van der Waals surface area contributed by atoms with Crippen molar-refractivity contribution in [2.45, 2.75) is 136 Å². The number of aliphatic hydroxyl groups excluding tert-OH is 2. The monoisotopic (exact) mass is 1020 g/mol. The number of aliphatic hydroxyl groups is 2. The summed E-state index contributed by atoms with van der Waals surface area (Å²) in [4.78, 5) is 0. The molecule has 0 fully saturated rings. The third-order valence-corrected chi connectivity index (χ3v) is 25.1. The first-order chi connectivity index (χ1) is 34.4. The van der Waals surface area contributed by atoms with E-state index in [9.17, 15) is 10.2 Å². The smallest absolute Gasteiger partial charge is 0.261 e. The summed E-state index contributed by atoms with van der Waals surface area (Å²) in [6.07, 6.45) is 1.12. The second-order valence-corrected chi connectivity index (χ2v) is 30.6. The van der Waals surface area contributed by atoms with E-state index in [0.717, 1.165) is 12.0 Å². The Bertz CT molecular complexity index is 2210. The summed E-state index contributed by atoms with van der Waals surface area (Å²) in [6.45, 7) is 23.5. The number of hydrogen-bond donors (Lipinski definition) is 2. The fourth-order valence-electron chi connectivity index (χ4n) is 10.7. The first-order valence-electron chi connectivity index (χ1n) is 26.1. The van der Waals surface area contributed by atoms with Gasteiger partial charge in [-0.3, -0.25) is 0 Å². The molecule has 8 atom stereocenters. The molecule has 5 rings (SSSR count). The maximum atomic E-state index is 11.6. The highest BCUT2D eigenvalue weighted by molar-refractivity contribution is 7.00. The quantitative estimate of drug-likeness (QED) is 0.0275. The fraction of sp³-hybridized carbons (Fsp3) is 0.508. The van der Waals surface area contributed by atoms with Gasteiger partial charge in [-0.2, -0.15) is 0 Å². The molecule has 0 heterocycles. The van der Waals surface area contributed by atoms with Crippen LogP contribution in [0.15, 0.2) is 140 Å². The van der Waals surface area contributed by atoms with Crippen LogP contribution in [0, 0.1) is 23.7 Å². The molecular formula is C61H88O9Si2. The van der Waals surface area contributed by atoms with Gasteiger partial charge in [0.25, 0.3) is 16.6 Å². The van der Waals surface area contributed by atoms with E-state index >= 15 is 0 Å². The zero-order valence-electron chi connectivity index (χ0n) is 45.8. The largest absolute Gasteiger partial charge is 0.493 e. The van der Waals surface area contributed by atoms with Crippen LogP contribution in [-0.2, 0) is 29.7 Å². The Morgan fingerprint density at radius 3 is 1.46 bits per heavy atom. The summed E-state index contributed by atoms with van der Waals surface area (Å²) in [7, 11) is -0.897. The Labute approximate surface area is 435 Å². The number of methoxy groups -OCH3 is 3. The molecule has 2 N–H and O–H groups in total. The first kappa shape index (κ1) is 58.7. The molecule has 0 aromatic heterocycles. The van der Waals surface area contributed by atoms with Crippen LogP contribution in [0.25, 0.3) is 0 Å². The highest BCUT2D eigenvalue weighted by Crippen LogP contribution is 2.41. The fourth-order valence-corrected chi connectivity index (χ4v) is 20.2. The summed E-state index contributed by atoms with van der Waals surface area (Å²) in [5.41, 5.74) is 0.926. The molecule has 5 aromatic carbocycles. The van der Waals surface area contributed by atoms with E-state index < -0.39 is 22.7 Å². The molecule has 0 unspecified atom stereocenters. The van der Waals surface area contributed by atoms with Crippen LogP contribution >= 0.6 is 0 Å². The molecule has 0 saturated heterocycles. The van der Waals surface area contributed by atoms with Crippen LogP contribution in [0.3, 0.4) is 0 Å². The Morgan fingerprint density at radius 2 is 1.01 bits per heavy atom. The van der Waals surface area contributed by atoms with Crippen molar-refractivity contribution in [3.63, 3.8) is 0 Å². The van der Waals surface area contributed by atoms with Gasteiger partial charge in [-0.25, -0.2) is 0 Å². The first-order valence-corrected chi connectivity index (χ1v) is 30.0. The van der Waals surface area contributed by atoms with Crippen LogP contribution in [-0.4, -0.2) is 92.6 Å². The van der Waals surface area contributed by atoms with Gasteiger partial charge in [0.15, 0.2) is 11.5 Å². The SMILES string of the molecule is COc1ccc(COCO[C@H](CC[C@H](C)[C@H](C[C@H](O[Si](c2ccccc2)(c2ccccc2)C(C)(C)C)[C@H](C)CO[Si](c2ccccc2)(c2ccccc2)C(C)(C)C)OC)[C@H](C)[C@H](O)[C@H](C)CCO)cc1OC. The lowest BCUT2D eigenvalue weighted by Crippen LogP contribution is -2.69. The molecule has 0 radical (unpaired) electrons. The molecule has 0 bridgehead atoms. The molecule has 11 heteroatoms. The highest BCUT2D eigenvalue weighted by Gasteiger charge is 2.54. The van der Waals surface area contributed by atoms with E-state index in [1.165, 1.54) is 20.7 Å². The van der Waals surface area contributed by atoms with Crippen LogP contribution < -0.4 is 30.2 Å². The van der Waals surface area contributed by atoms with Gasteiger partial charge in [-0.1, -0.05) is 197 Å². The molecule has 72 heavy (non-hydrogen) atoms. The Balaban J connectivity index is 1.49. The summed E-state index contributed by atoms with van der Waals surface area (Å²) < 4.78 is 46.0. The molecule has 5 aromatic rings. The van der Waals surface area contributed by atoms with Crippen molar-refractivity contribution in [3.05, 3.63) is 145 Å². The van der Waals surface area contributed by atoms with E-state index in [-0.39, 0.29) is 65.5 Å². The van der Waals surface area contributed by atoms with Crippen LogP contribution in [0.4, 0.5) is 0 Å². The van der Waals surface area contributed by atoms with Gasteiger partial charge >= 0.3 is 0 Å². The molecular weight excluding hydrogens is 933 g/mol. The van der Waals surface area contributed by atoms with E-state index in [4.69, 9.17) is 32.5 Å². The molecule has 0 aliphatic heterocycles. The standard InChI is InChI=1S/C61H88O9Si2/c1-45(34-36-54(48(4)59(63)46(2)38-39-62)68-44-67-43-49-35-37-55(64-11)58(40-49)66-13)56(65-12)41-57(70-72(61(8,9)10,52-30-22-16-23-31-52)53-32-24-17-25-33-53)47(3)42-69-71(60(5,6)7,50-26-18-14-19-27-50)51-28-20-15-21-29-51/h14-33,35,37,40,45-48,54,56-57,59,62-63H,34,36,38-39,41-44H2,1-13H3/t45-,46+,47+,48-,54+,56-,57-,59+/m0/s1. The summed E-state index contributed by atoms with van der Waals surface area (Å²) in [5.74, 6) is 0.992. The van der Waals surface area contributed by atoms with Crippen molar-refractivity contribution in [1.29, 1.82) is 0 Å². The van der Waals surface area contributed by atoms with Crippen molar-refractivity contribution < 1.29 is 42.7 Å². The van der Waals surface area contributed by atoms with Gasteiger partial charge in [0.05, 0.1) is 45.2 Å². The van der Waals surface area contributed by atoms with E-state index in [2.05, 4.69) is 177 Å². The minimum Gasteiger partial charge on any atom is -0.493 e. The van der Waals surface area contributed by atoms with Crippen molar-refractivity contribution in [2.24, 2.45) is 23.7 Å². The van der Waals surface area contributed by atoms with E-state index in [1.807, 2.05) is 39.2 Å². The second kappa shape index (κ2) is 27.4. The summed E-state index contributed by atoms with van der Waals surface area (Å²) >= 11 is 0. The number of ether oxygens (including phenoxy) is 5. The van der Waals surface area contributed by atoms with Crippen LogP contribution in [0.1, 0.15) is 100 Å². The minimum absolute atomic E-state index is 0.00987. The second-order valence-electron chi connectivity index (χ2n) is 22.0. The molecule has 0 aliphatic rings. The zero-order valence-corrected chi connectivity index (χ0v) is 47.8. The maximum Gasteiger partial charge on any atom is 0.261 e. The minimum atomic E-state index is -3.06. The van der Waals surface area contributed by atoms with Gasteiger partial charge in [0, 0.05) is 32.2 Å². The van der Waals surface area contributed by atoms with E-state index in [0.29, 0.717) is 44.0 Å². The molecule has 394 valence electrons. The average Bonchev–Trinajstić information content (AvgIpc) is 3.38. The average molecular weight is 1020 g/mol. The molecule has 0 spiro atoms. The molecule has 0 aliphatic carbocycles. The summed E-state index contributed by atoms with van der Waals surface area (Å²) in [6, 6.07) is 49.2. The van der Waals surface area contributed by atoms with Gasteiger partial charge in [0.2, 0.25) is 0 Å². The molecule has 0 amide bonds. The van der Waals surface area contributed by atoms with Gasteiger partial charge in [-0.15, -0.1) is 0 Å². The Morgan fingerprint density at radius 1 is 0.528 bits per heavy atom. The van der Waals surface area contributed by atoms with Gasteiger partial charge in [0.1, 0.15) is 6.79 Å². The lowest BCUT2D eigenvalue weighted by molar-refractivity contribution is -0.133. The van der Waals surface area contributed by atoms with E-state index in [1.54, 1.807) is 14.2 Å². The third kappa shape index (κ3) is 14.4. The number of benzene rings is 5. The Kier molecular flexibility index (Phi) is 22.4. The molecule has 9 nitrogen and oxygen atoms in total. The zero-order chi connectivity index (χ0) is 52.5. The summed E-state index contributed by atoms with van der Waals surface area (Å²) in [5, 5.41) is 25.9. The van der Waals surface area contributed by atoms with Crippen LogP contribution in [0.2, 0.25) is 10.1 Å². The Hall–Kier alpha value is -4.15. The lowest BCUT2D eigenvalue weighted by atomic mass is 9.84. The van der Waals surface area contributed by atoms with Gasteiger partial charge in [-0.05, 0) is 86.0 Å². The predicted molar refractivity (Wildman–Crippen MR) is 299 cm³/mol. The van der Waals surface area contributed by atoms with Crippen molar-refractivity contribution in [3.8, 4) is 11.5 Å². The number of hydrogen-bond acceptors (Lipinski definition) is 9. The topological polar surface area (TPSA) is 105 Å².